The van der Waals surface area contributed by atoms with Crippen molar-refractivity contribution in [3.05, 3.63) is 12.2 Å². The number of amides is 1. The summed E-state index contributed by atoms with van der Waals surface area (Å²) in [5, 5.41) is 0. The summed E-state index contributed by atoms with van der Waals surface area (Å²) in [6.45, 7) is 7.25. The fourth-order valence-corrected chi connectivity index (χ4v) is 2.43. The standard InChI is InChI=1S/C15H27NO2S/c1-12(2)11-14(13(3)17)16(4)15(18)9-7-6-8-10-19-5/h14H,1,6-11H2,2-5H3. The Hall–Kier alpha value is -0.770. The van der Waals surface area contributed by atoms with Gasteiger partial charge in [0.15, 0.2) is 5.78 Å². The van der Waals surface area contributed by atoms with Crippen LogP contribution in [0.25, 0.3) is 0 Å². The van der Waals surface area contributed by atoms with E-state index in [0.717, 1.165) is 30.6 Å². The van der Waals surface area contributed by atoms with Crippen LogP contribution in [0, 0.1) is 0 Å². The van der Waals surface area contributed by atoms with Crippen molar-refractivity contribution in [2.45, 2.75) is 52.0 Å². The van der Waals surface area contributed by atoms with E-state index in [4.69, 9.17) is 0 Å². The normalized spacial score (nSPS) is 12.0. The molecule has 0 bridgehead atoms. The molecule has 1 amide bonds. The molecule has 0 radical (unpaired) electrons. The zero-order valence-corrected chi connectivity index (χ0v) is 13.5. The van der Waals surface area contributed by atoms with Crippen LogP contribution in [0.3, 0.4) is 0 Å². The van der Waals surface area contributed by atoms with E-state index in [1.165, 1.54) is 6.92 Å². The first-order chi connectivity index (χ1) is 8.90. The summed E-state index contributed by atoms with van der Waals surface area (Å²) in [6.07, 6.45) is 6.32. The van der Waals surface area contributed by atoms with Gasteiger partial charge in [0.2, 0.25) is 5.91 Å². The van der Waals surface area contributed by atoms with Crippen molar-refractivity contribution >= 4 is 23.5 Å². The highest BCUT2D eigenvalue weighted by Crippen LogP contribution is 2.13. The van der Waals surface area contributed by atoms with Gasteiger partial charge >= 0.3 is 0 Å². The fourth-order valence-electron chi connectivity index (χ4n) is 1.93. The number of carbonyl (C=O) groups excluding carboxylic acids is 2. The van der Waals surface area contributed by atoms with Crippen LogP contribution < -0.4 is 0 Å². The van der Waals surface area contributed by atoms with Crippen LogP contribution in [0.2, 0.25) is 0 Å². The third-order valence-corrected chi connectivity index (χ3v) is 3.81. The van der Waals surface area contributed by atoms with E-state index in [2.05, 4.69) is 12.8 Å². The molecule has 0 heterocycles. The molecule has 0 fully saturated rings. The molecule has 0 aromatic carbocycles. The summed E-state index contributed by atoms with van der Waals surface area (Å²) in [7, 11) is 1.72. The summed E-state index contributed by atoms with van der Waals surface area (Å²) in [6, 6.07) is -0.351. The van der Waals surface area contributed by atoms with Crippen LogP contribution in [0.4, 0.5) is 0 Å². The molecule has 0 saturated heterocycles. The number of hydrogen-bond acceptors (Lipinski definition) is 3. The minimum atomic E-state index is -0.351. The van der Waals surface area contributed by atoms with Gasteiger partial charge in [-0.2, -0.15) is 11.8 Å². The minimum Gasteiger partial charge on any atom is -0.335 e. The predicted molar refractivity (Wildman–Crippen MR) is 83.5 cm³/mol. The summed E-state index contributed by atoms with van der Waals surface area (Å²) >= 11 is 1.83. The van der Waals surface area contributed by atoms with Crippen molar-refractivity contribution < 1.29 is 9.59 Å². The SMILES string of the molecule is C=C(C)CC(C(C)=O)N(C)C(=O)CCCCCSC. The molecule has 0 aliphatic heterocycles. The molecular formula is C15H27NO2S. The Labute approximate surface area is 121 Å². The lowest BCUT2D eigenvalue weighted by atomic mass is 10.0. The van der Waals surface area contributed by atoms with E-state index in [9.17, 15) is 9.59 Å². The first-order valence-electron chi connectivity index (χ1n) is 6.79. The largest absolute Gasteiger partial charge is 0.335 e. The van der Waals surface area contributed by atoms with Crippen molar-refractivity contribution in [2.75, 3.05) is 19.1 Å². The topological polar surface area (TPSA) is 37.4 Å². The van der Waals surface area contributed by atoms with Gasteiger partial charge in [-0.3, -0.25) is 9.59 Å². The van der Waals surface area contributed by atoms with Gasteiger partial charge in [0.05, 0.1) is 6.04 Å². The summed E-state index contributed by atoms with van der Waals surface area (Å²) in [5.74, 6) is 1.24. The van der Waals surface area contributed by atoms with Crippen LogP contribution >= 0.6 is 11.8 Å². The Morgan fingerprint density at radius 1 is 1.21 bits per heavy atom. The number of ketones is 1. The van der Waals surface area contributed by atoms with Crippen LogP contribution in [0.15, 0.2) is 12.2 Å². The van der Waals surface area contributed by atoms with Crippen molar-refractivity contribution in [2.24, 2.45) is 0 Å². The third-order valence-electron chi connectivity index (χ3n) is 3.11. The Kier molecular flexibility index (Phi) is 9.66. The molecular weight excluding hydrogens is 258 g/mol. The van der Waals surface area contributed by atoms with Gasteiger partial charge in [-0.25, -0.2) is 0 Å². The predicted octanol–water partition coefficient (Wildman–Crippen LogP) is 3.29. The van der Waals surface area contributed by atoms with Crippen LogP contribution in [0.5, 0.6) is 0 Å². The first-order valence-corrected chi connectivity index (χ1v) is 8.19. The maximum Gasteiger partial charge on any atom is 0.222 e. The van der Waals surface area contributed by atoms with Crippen molar-refractivity contribution in [1.29, 1.82) is 0 Å². The maximum absolute atomic E-state index is 12.0. The quantitative estimate of drug-likeness (QED) is 0.456. The maximum atomic E-state index is 12.0. The van der Waals surface area contributed by atoms with Crippen molar-refractivity contribution in [3.63, 3.8) is 0 Å². The molecule has 0 aliphatic rings. The Balaban J connectivity index is 4.19. The monoisotopic (exact) mass is 285 g/mol. The Bertz CT molecular complexity index is 315. The molecule has 19 heavy (non-hydrogen) atoms. The second kappa shape index (κ2) is 10.1. The average molecular weight is 285 g/mol. The molecule has 0 aliphatic carbocycles. The molecule has 0 aromatic rings. The van der Waals surface area contributed by atoms with Crippen molar-refractivity contribution in [1.82, 2.24) is 4.90 Å². The Morgan fingerprint density at radius 2 is 1.84 bits per heavy atom. The van der Waals surface area contributed by atoms with E-state index >= 15 is 0 Å². The van der Waals surface area contributed by atoms with Gasteiger partial charge in [0.1, 0.15) is 0 Å². The number of likely N-dealkylation sites (N-methyl/N-ethyl adjacent to an activating group) is 1. The molecule has 4 heteroatoms. The fraction of sp³-hybridized carbons (Fsp3) is 0.733. The third kappa shape index (κ3) is 8.09. The lowest BCUT2D eigenvalue weighted by Gasteiger charge is -2.26. The smallest absolute Gasteiger partial charge is 0.222 e. The molecule has 110 valence electrons. The number of nitrogens with zero attached hydrogens (tertiary/aromatic N) is 1. The first kappa shape index (κ1) is 18.2. The zero-order valence-electron chi connectivity index (χ0n) is 12.7. The van der Waals surface area contributed by atoms with Crippen molar-refractivity contribution in [3.8, 4) is 0 Å². The number of carbonyl (C=O) groups is 2. The molecule has 1 unspecified atom stereocenters. The van der Waals surface area contributed by atoms with Crippen LogP contribution in [-0.4, -0.2) is 41.7 Å². The molecule has 3 nitrogen and oxygen atoms in total. The van der Waals surface area contributed by atoms with Gasteiger partial charge < -0.3 is 4.90 Å². The van der Waals surface area contributed by atoms with E-state index in [-0.39, 0.29) is 17.7 Å². The highest BCUT2D eigenvalue weighted by Gasteiger charge is 2.23. The van der Waals surface area contributed by atoms with E-state index in [0.29, 0.717) is 12.8 Å². The number of unbranched alkanes of at least 4 members (excludes halogenated alkanes) is 2. The molecule has 1 atom stereocenters. The molecule has 0 N–H and O–H groups in total. The molecule has 0 spiro atoms. The summed E-state index contributed by atoms with van der Waals surface area (Å²) in [5.41, 5.74) is 0.930. The average Bonchev–Trinajstić information content (AvgIpc) is 2.34. The lowest BCUT2D eigenvalue weighted by molar-refractivity contribution is -0.137. The van der Waals surface area contributed by atoms with Gasteiger partial charge in [-0.15, -0.1) is 6.58 Å². The highest BCUT2D eigenvalue weighted by molar-refractivity contribution is 7.98. The molecule has 0 rings (SSSR count). The minimum absolute atomic E-state index is 0.0289. The summed E-state index contributed by atoms with van der Waals surface area (Å²) < 4.78 is 0. The molecule has 0 aromatic heterocycles. The van der Waals surface area contributed by atoms with E-state index < -0.39 is 0 Å². The van der Waals surface area contributed by atoms with E-state index in [1.807, 2.05) is 18.7 Å². The van der Waals surface area contributed by atoms with Crippen LogP contribution in [0.1, 0.15) is 46.0 Å². The Morgan fingerprint density at radius 3 is 2.32 bits per heavy atom. The molecule has 0 saturated carbocycles. The van der Waals surface area contributed by atoms with E-state index in [1.54, 1.807) is 11.9 Å². The van der Waals surface area contributed by atoms with Gasteiger partial charge in [-0.1, -0.05) is 12.0 Å². The number of thioether (sulfide) groups is 1. The number of rotatable bonds is 10. The second-order valence-electron chi connectivity index (χ2n) is 5.10. The van der Waals surface area contributed by atoms with Crippen LogP contribution in [-0.2, 0) is 9.59 Å². The van der Waals surface area contributed by atoms with Gasteiger partial charge in [0, 0.05) is 13.5 Å². The van der Waals surface area contributed by atoms with Gasteiger partial charge in [-0.05, 0) is 45.1 Å². The number of Topliss-reactive ketones (excluding diaryl/α,β-unsaturated/α-hetero) is 1. The number of hydrogen-bond donors (Lipinski definition) is 0. The van der Waals surface area contributed by atoms with Gasteiger partial charge in [0.25, 0.3) is 0 Å². The highest BCUT2D eigenvalue weighted by atomic mass is 32.2. The summed E-state index contributed by atoms with van der Waals surface area (Å²) in [4.78, 5) is 25.2. The lowest BCUT2D eigenvalue weighted by Crippen LogP contribution is -2.41. The zero-order chi connectivity index (χ0) is 14.8. The second-order valence-corrected chi connectivity index (χ2v) is 6.08.